The van der Waals surface area contributed by atoms with E-state index in [4.69, 9.17) is 10.2 Å². The van der Waals surface area contributed by atoms with E-state index in [1.54, 1.807) is 0 Å². The summed E-state index contributed by atoms with van der Waals surface area (Å²) in [7, 11) is 1.00. The molecule has 0 bridgehead atoms. The number of aliphatic hydroxyl groups excluding tert-OH is 1. The largest absolute Gasteiger partial charge is 0.481 e. The van der Waals surface area contributed by atoms with E-state index in [0.717, 1.165) is 7.11 Å². The smallest absolute Gasteiger partial charge is 0.304 e. The molecular weight excluding hydrogens is 129 g/mol. The average Bonchev–Trinajstić information content (AvgIpc) is 1.88. The van der Waals surface area contributed by atoms with Crippen molar-refractivity contribution in [3.63, 3.8) is 0 Å². The quantitative estimate of drug-likeness (QED) is 0.463. The van der Waals surface area contributed by atoms with Crippen molar-refractivity contribution in [1.29, 1.82) is 0 Å². The van der Waals surface area contributed by atoms with Gasteiger partial charge in [0.1, 0.15) is 0 Å². The molecule has 0 saturated heterocycles. The summed E-state index contributed by atoms with van der Waals surface area (Å²) in [5.74, 6) is -0.995. The van der Waals surface area contributed by atoms with Crippen molar-refractivity contribution < 1.29 is 19.5 Å². The molecule has 9 heavy (non-hydrogen) atoms. The van der Waals surface area contributed by atoms with Crippen LogP contribution in [-0.2, 0) is 4.79 Å². The van der Waals surface area contributed by atoms with Crippen molar-refractivity contribution in [2.75, 3.05) is 13.7 Å². The Morgan fingerprint density at radius 1 is 1.67 bits per heavy atom. The molecule has 3 N–H and O–H groups in total. The van der Waals surface area contributed by atoms with Crippen LogP contribution in [0.25, 0.3) is 0 Å². The molecule has 4 nitrogen and oxygen atoms in total. The second-order valence-electron chi connectivity index (χ2n) is 1.03. The maximum absolute atomic E-state index is 10.8. The third-order valence-corrected chi connectivity index (χ3v) is 0.433. The maximum atomic E-state index is 10.8. The molecule has 56 valence electrons. The Hall–Kier alpha value is -0.680. The number of rotatable bonds is 3. The van der Waals surface area contributed by atoms with Crippen LogP contribution in [0.2, 0.25) is 0 Å². The number of carbonyl (C=O) groups is 1. The van der Waals surface area contributed by atoms with E-state index in [1.807, 2.05) is 0 Å². The molecule has 0 fully saturated rings. The first-order chi connectivity index (χ1) is 4.27. The second kappa shape index (κ2) is 10.3. The molecule has 0 aromatic carbocycles. The number of halogens is 1. The van der Waals surface area contributed by atoms with Gasteiger partial charge in [-0.15, -0.1) is 4.48 Å². The Morgan fingerprint density at radius 2 is 2.11 bits per heavy atom. The summed E-state index contributed by atoms with van der Waals surface area (Å²) in [6, 6.07) is 0. The van der Waals surface area contributed by atoms with Crippen LogP contribution >= 0.6 is 0 Å². The zero-order valence-electron chi connectivity index (χ0n) is 5.09. The summed E-state index contributed by atoms with van der Waals surface area (Å²) in [5, 5.41) is 14.8. The van der Waals surface area contributed by atoms with E-state index in [1.165, 1.54) is 5.54 Å². The van der Waals surface area contributed by atoms with Crippen molar-refractivity contribution in [3.8, 4) is 0 Å². The normalized spacial score (nSPS) is 7.44. The molecule has 0 unspecified atom stereocenters. The number of hydrogen-bond acceptors (Lipinski definition) is 3. The standard InChI is InChI=1S/C3H6FNO2.CH4O/c4-5-2-1-3(6)7;1-2/h5H,1-2H2,(H,6,7);2H,1H3. The van der Waals surface area contributed by atoms with Gasteiger partial charge in [-0.05, 0) is 0 Å². The van der Waals surface area contributed by atoms with E-state index < -0.39 is 5.97 Å². The van der Waals surface area contributed by atoms with Crippen LogP contribution in [0.3, 0.4) is 0 Å². The summed E-state index contributed by atoms with van der Waals surface area (Å²) in [4.78, 5) is 9.55. The molecular formula is C4H10FNO3. The van der Waals surface area contributed by atoms with Crippen LogP contribution in [0, 0.1) is 0 Å². The SMILES string of the molecule is CO.O=C(O)CCNF. The van der Waals surface area contributed by atoms with Crippen LogP contribution in [0.4, 0.5) is 4.48 Å². The van der Waals surface area contributed by atoms with Crippen LogP contribution < -0.4 is 5.54 Å². The molecule has 0 aromatic heterocycles. The number of aliphatic hydroxyl groups is 1. The highest BCUT2D eigenvalue weighted by Gasteiger charge is 1.91. The number of carboxylic acids is 1. The molecule has 0 saturated carbocycles. The lowest BCUT2D eigenvalue weighted by molar-refractivity contribution is -0.137. The second-order valence-corrected chi connectivity index (χ2v) is 1.03. The summed E-state index contributed by atoms with van der Waals surface area (Å²) in [6.07, 6.45) is -0.170. The average molecular weight is 139 g/mol. The molecule has 0 aliphatic carbocycles. The van der Waals surface area contributed by atoms with Crippen molar-refractivity contribution in [2.45, 2.75) is 6.42 Å². The minimum atomic E-state index is -0.995. The monoisotopic (exact) mass is 139 g/mol. The van der Waals surface area contributed by atoms with Gasteiger partial charge < -0.3 is 10.2 Å². The maximum Gasteiger partial charge on any atom is 0.304 e. The lowest BCUT2D eigenvalue weighted by atomic mass is 10.5. The Kier molecular flexibility index (Phi) is 12.8. The first kappa shape index (κ1) is 11.2. The molecule has 0 amide bonds. The number of carboxylic acid groups (broad SMARTS) is 1. The molecule has 0 radical (unpaired) electrons. The Labute approximate surface area is 52.2 Å². The van der Waals surface area contributed by atoms with Gasteiger partial charge in [-0.25, -0.2) is 0 Å². The summed E-state index contributed by atoms with van der Waals surface area (Å²) in [6.45, 7) is -0.116. The zero-order chi connectivity index (χ0) is 7.70. The van der Waals surface area contributed by atoms with Gasteiger partial charge >= 0.3 is 5.97 Å². The van der Waals surface area contributed by atoms with Gasteiger partial charge in [0.15, 0.2) is 0 Å². The van der Waals surface area contributed by atoms with E-state index in [9.17, 15) is 9.28 Å². The topological polar surface area (TPSA) is 69.6 Å². The van der Waals surface area contributed by atoms with Crippen LogP contribution in [0.15, 0.2) is 0 Å². The molecule has 0 atom stereocenters. The van der Waals surface area contributed by atoms with Crippen LogP contribution in [0.1, 0.15) is 6.42 Å². The van der Waals surface area contributed by atoms with Crippen molar-refractivity contribution in [1.82, 2.24) is 5.54 Å². The fraction of sp³-hybridized carbons (Fsp3) is 0.750. The third-order valence-electron chi connectivity index (χ3n) is 0.433. The Balaban J connectivity index is 0. The van der Waals surface area contributed by atoms with E-state index in [0.29, 0.717) is 0 Å². The lowest BCUT2D eigenvalue weighted by Gasteiger charge is -1.85. The van der Waals surface area contributed by atoms with Crippen molar-refractivity contribution in [2.24, 2.45) is 0 Å². The van der Waals surface area contributed by atoms with E-state index >= 15 is 0 Å². The van der Waals surface area contributed by atoms with Crippen LogP contribution in [-0.4, -0.2) is 29.8 Å². The van der Waals surface area contributed by atoms with E-state index in [-0.39, 0.29) is 13.0 Å². The number of hydrogen-bond donors (Lipinski definition) is 3. The molecule has 5 heteroatoms. The Bertz CT molecular complexity index is 68.8. The van der Waals surface area contributed by atoms with Gasteiger partial charge in [0.05, 0.1) is 6.42 Å². The van der Waals surface area contributed by atoms with Gasteiger partial charge in [0.2, 0.25) is 0 Å². The molecule has 0 aliphatic heterocycles. The molecule has 0 heterocycles. The van der Waals surface area contributed by atoms with Crippen LogP contribution in [0.5, 0.6) is 0 Å². The van der Waals surface area contributed by atoms with Crippen molar-refractivity contribution >= 4 is 5.97 Å². The highest BCUT2D eigenvalue weighted by molar-refractivity contribution is 5.66. The molecule has 0 aliphatic rings. The van der Waals surface area contributed by atoms with Gasteiger partial charge in [-0.1, -0.05) is 0 Å². The molecule has 0 spiro atoms. The fourth-order valence-electron chi connectivity index (χ4n) is 0.154. The third kappa shape index (κ3) is 18.8. The molecule has 0 rings (SSSR count). The predicted octanol–water partition coefficient (Wildman–Crippen LogP) is -0.456. The van der Waals surface area contributed by atoms with Crippen molar-refractivity contribution in [3.05, 3.63) is 0 Å². The summed E-state index contributed by atoms with van der Waals surface area (Å²) in [5.41, 5.74) is 1.22. The zero-order valence-corrected chi connectivity index (χ0v) is 5.09. The fourth-order valence-corrected chi connectivity index (χ4v) is 0.154. The number of nitrogens with one attached hydrogen (secondary N) is 1. The summed E-state index contributed by atoms with van der Waals surface area (Å²) < 4.78 is 10.8. The van der Waals surface area contributed by atoms with E-state index in [2.05, 4.69) is 0 Å². The Morgan fingerprint density at radius 3 is 2.22 bits per heavy atom. The first-order valence-corrected chi connectivity index (χ1v) is 2.27. The van der Waals surface area contributed by atoms with Gasteiger partial charge in [-0.3, -0.25) is 4.79 Å². The summed E-state index contributed by atoms with van der Waals surface area (Å²) >= 11 is 0. The minimum Gasteiger partial charge on any atom is -0.481 e. The first-order valence-electron chi connectivity index (χ1n) is 2.27. The minimum absolute atomic E-state index is 0.116. The highest BCUT2D eigenvalue weighted by Crippen LogP contribution is 1.72. The van der Waals surface area contributed by atoms with Gasteiger partial charge in [-0.2, -0.15) is 5.54 Å². The lowest BCUT2D eigenvalue weighted by Crippen LogP contribution is -2.07. The van der Waals surface area contributed by atoms with Gasteiger partial charge in [0.25, 0.3) is 0 Å². The predicted molar refractivity (Wildman–Crippen MR) is 29.5 cm³/mol. The highest BCUT2D eigenvalue weighted by atomic mass is 19.2. The number of aliphatic carboxylic acids is 1. The van der Waals surface area contributed by atoms with Gasteiger partial charge in [0, 0.05) is 13.7 Å². The molecule has 0 aromatic rings.